The third-order valence-electron chi connectivity index (χ3n) is 3.31. The Morgan fingerprint density at radius 2 is 1.86 bits per heavy atom. The molecule has 0 saturated heterocycles. The van der Waals surface area contributed by atoms with Gasteiger partial charge < -0.3 is 9.84 Å². The van der Waals surface area contributed by atoms with E-state index in [-0.39, 0.29) is 28.9 Å². The summed E-state index contributed by atoms with van der Waals surface area (Å²) in [6.45, 7) is 1.47. The summed E-state index contributed by atoms with van der Waals surface area (Å²) in [5.41, 5.74) is 0.357. The Balaban J connectivity index is 2.30. The van der Waals surface area contributed by atoms with Gasteiger partial charge in [0.25, 0.3) is 0 Å². The maximum atomic E-state index is 14.0. The van der Waals surface area contributed by atoms with Crippen molar-refractivity contribution in [1.29, 1.82) is 0 Å². The van der Waals surface area contributed by atoms with Crippen LogP contribution in [0.25, 0.3) is 0 Å². The molecule has 112 valence electrons. The second-order valence-electron chi connectivity index (χ2n) is 4.78. The summed E-state index contributed by atoms with van der Waals surface area (Å²) >= 11 is 0. The number of hydrogen-bond donors (Lipinski definition) is 1. The Kier molecular flexibility index (Phi) is 4.53. The Hall–Kier alpha value is -2.01. The SMILES string of the molecule is COc1cccc(CC(O)c2cc(C)c(F)cc2F)c1F. The molecule has 0 spiro atoms. The summed E-state index contributed by atoms with van der Waals surface area (Å²) in [7, 11) is 1.33. The molecular weight excluding hydrogens is 281 g/mol. The van der Waals surface area contributed by atoms with Crippen LogP contribution in [-0.2, 0) is 6.42 Å². The molecule has 2 aromatic carbocycles. The third-order valence-corrected chi connectivity index (χ3v) is 3.31. The van der Waals surface area contributed by atoms with Crippen LogP contribution in [0, 0.1) is 24.4 Å². The smallest absolute Gasteiger partial charge is 0.168 e. The molecule has 0 fully saturated rings. The Morgan fingerprint density at radius 3 is 2.52 bits per heavy atom. The highest BCUT2D eigenvalue weighted by atomic mass is 19.1. The van der Waals surface area contributed by atoms with Crippen molar-refractivity contribution in [2.24, 2.45) is 0 Å². The first-order valence-corrected chi connectivity index (χ1v) is 6.39. The number of benzene rings is 2. The fraction of sp³-hybridized carbons (Fsp3) is 0.250. The minimum absolute atomic E-state index is 0.0514. The van der Waals surface area contributed by atoms with Crippen molar-refractivity contribution < 1.29 is 23.0 Å². The first-order valence-electron chi connectivity index (χ1n) is 6.39. The van der Waals surface area contributed by atoms with Crippen molar-refractivity contribution in [2.45, 2.75) is 19.4 Å². The van der Waals surface area contributed by atoms with Crippen molar-refractivity contribution in [2.75, 3.05) is 7.11 Å². The lowest BCUT2D eigenvalue weighted by atomic mass is 9.98. The van der Waals surface area contributed by atoms with E-state index in [0.29, 0.717) is 0 Å². The molecule has 2 aromatic rings. The Labute approximate surface area is 120 Å². The van der Waals surface area contributed by atoms with Crippen LogP contribution in [0.3, 0.4) is 0 Å². The fourth-order valence-electron chi connectivity index (χ4n) is 2.12. The summed E-state index contributed by atoms with van der Waals surface area (Å²) in [5, 5.41) is 10.1. The standard InChI is InChI=1S/C16H15F3O2/c1-9-6-11(13(18)8-12(9)17)14(20)7-10-4-3-5-15(21-2)16(10)19/h3-6,8,14,20H,7H2,1-2H3. The van der Waals surface area contributed by atoms with E-state index in [1.54, 1.807) is 6.07 Å². The van der Waals surface area contributed by atoms with Crippen molar-refractivity contribution in [1.82, 2.24) is 0 Å². The van der Waals surface area contributed by atoms with Gasteiger partial charge in [-0.15, -0.1) is 0 Å². The highest BCUT2D eigenvalue weighted by Crippen LogP contribution is 2.27. The zero-order valence-electron chi connectivity index (χ0n) is 11.7. The predicted molar refractivity (Wildman–Crippen MR) is 72.7 cm³/mol. The Bertz CT molecular complexity index is 656. The zero-order valence-corrected chi connectivity index (χ0v) is 11.7. The van der Waals surface area contributed by atoms with E-state index in [1.165, 1.54) is 32.2 Å². The van der Waals surface area contributed by atoms with Gasteiger partial charge in [0.2, 0.25) is 0 Å². The molecule has 0 aromatic heterocycles. The van der Waals surface area contributed by atoms with Crippen LogP contribution in [0.1, 0.15) is 22.8 Å². The normalized spacial score (nSPS) is 12.3. The highest BCUT2D eigenvalue weighted by molar-refractivity contribution is 5.33. The van der Waals surface area contributed by atoms with Gasteiger partial charge in [0.05, 0.1) is 13.2 Å². The lowest BCUT2D eigenvalue weighted by Crippen LogP contribution is -2.07. The molecule has 1 atom stereocenters. The Morgan fingerprint density at radius 1 is 1.14 bits per heavy atom. The molecule has 0 radical (unpaired) electrons. The highest BCUT2D eigenvalue weighted by Gasteiger charge is 2.18. The van der Waals surface area contributed by atoms with Gasteiger partial charge in [-0.2, -0.15) is 0 Å². The van der Waals surface area contributed by atoms with E-state index in [9.17, 15) is 18.3 Å². The van der Waals surface area contributed by atoms with Gasteiger partial charge in [-0.1, -0.05) is 12.1 Å². The quantitative estimate of drug-likeness (QED) is 0.932. The lowest BCUT2D eigenvalue weighted by Gasteiger charge is -2.14. The van der Waals surface area contributed by atoms with E-state index in [2.05, 4.69) is 0 Å². The zero-order chi connectivity index (χ0) is 15.6. The van der Waals surface area contributed by atoms with E-state index in [0.717, 1.165) is 6.07 Å². The first-order chi connectivity index (χ1) is 9.93. The number of aliphatic hydroxyl groups is 1. The number of aryl methyl sites for hydroxylation is 1. The number of methoxy groups -OCH3 is 1. The molecule has 0 amide bonds. The third kappa shape index (κ3) is 3.19. The molecule has 2 rings (SSSR count). The van der Waals surface area contributed by atoms with Crippen molar-refractivity contribution >= 4 is 0 Å². The number of hydrogen-bond acceptors (Lipinski definition) is 2. The molecule has 0 aliphatic carbocycles. The number of ether oxygens (including phenoxy) is 1. The number of aliphatic hydroxyl groups excluding tert-OH is 1. The monoisotopic (exact) mass is 296 g/mol. The summed E-state index contributed by atoms with van der Waals surface area (Å²) in [6, 6.07) is 6.46. The summed E-state index contributed by atoms with van der Waals surface area (Å²) < 4.78 is 45.8. The summed E-state index contributed by atoms with van der Waals surface area (Å²) in [4.78, 5) is 0. The predicted octanol–water partition coefficient (Wildman–Crippen LogP) is 3.70. The van der Waals surface area contributed by atoms with Crippen LogP contribution < -0.4 is 4.74 Å². The second kappa shape index (κ2) is 6.18. The van der Waals surface area contributed by atoms with Gasteiger partial charge in [-0.25, -0.2) is 13.2 Å². The van der Waals surface area contributed by atoms with E-state index in [1.807, 2.05) is 0 Å². The molecule has 0 heterocycles. The van der Waals surface area contributed by atoms with Crippen molar-refractivity contribution in [3.05, 3.63) is 64.5 Å². The van der Waals surface area contributed by atoms with Gasteiger partial charge in [0, 0.05) is 18.1 Å². The minimum Gasteiger partial charge on any atom is -0.494 e. The molecule has 1 N–H and O–H groups in total. The van der Waals surface area contributed by atoms with E-state index >= 15 is 0 Å². The molecule has 1 unspecified atom stereocenters. The van der Waals surface area contributed by atoms with Gasteiger partial charge in [-0.3, -0.25) is 0 Å². The summed E-state index contributed by atoms with van der Waals surface area (Å²) in [5.74, 6) is -2.08. The molecule has 0 aliphatic heterocycles. The van der Waals surface area contributed by atoms with Crippen molar-refractivity contribution in [3.63, 3.8) is 0 Å². The molecule has 5 heteroatoms. The second-order valence-corrected chi connectivity index (χ2v) is 4.78. The number of rotatable bonds is 4. The van der Waals surface area contributed by atoms with Crippen LogP contribution in [0.2, 0.25) is 0 Å². The minimum atomic E-state index is -1.27. The maximum absolute atomic E-state index is 14.0. The maximum Gasteiger partial charge on any atom is 0.168 e. The van der Waals surface area contributed by atoms with Gasteiger partial charge in [-0.05, 0) is 30.2 Å². The van der Waals surface area contributed by atoms with Gasteiger partial charge in [0.1, 0.15) is 11.6 Å². The van der Waals surface area contributed by atoms with Gasteiger partial charge >= 0.3 is 0 Å². The molecule has 2 nitrogen and oxygen atoms in total. The lowest BCUT2D eigenvalue weighted by molar-refractivity contribution is 0.172. The van der Waals surface area contributed by atoms with Crippen LogP contribution in [0.5, 0.6) is 5.75 Å². The molecule has 21 heavy (non-hydrogen) atoms. The molecule has 0 aliphatic rings. The average molecular weight is 296 g/mol. The van der Waals surface area contributed by atoms with E-state index < -0.39 is 23.6 Å². The van der Waals surface area contributed by atoms with Crippen LogP contribution >= 0.6 is 0 Å². The topological polar surface area (TPSA) is 29.5 Å². The molecular formula is C16H15F3O2. The largest absolute Gasteiger partial charge is 0.494 e. The summed E-state index contributed by atoms with van der Waals surface area (Å²) in [6.07, 6.45) is -1.41. The van der Waals surface area contributed by atoms with Crippen LogP contribution in [-0.4, -0.2) is 12.2 Å². The van der Waals surface area contributed by atoms with Crippen LogP contribution in [0.4, 0.5) is 13.2 Å². The van der Waals surface area contributed by atoms with Crippen LogP contribution in [0.15, 0.2) is 30.3 Å². The van der Waals surface area contributed by atoms with Crippen molar-refractivity contribution in [3.8, 4) is 5.75 Å². The number of halogens is 3. The first kappa shape index (κ1) is 15.4. The molecule has 0 saturated carbocycles. The van der Waals surface area contributed by atoms with E-state index in [4.69, 9.17) is 4.74 Å². The molecule has 0 bridgehead atoms. The van der Waals surface area contributed by atoms with Gasteiger partial charge in [0.15, 0.2) is 11.6 Å². The average Bonchev–Trinajstić information content (AvgIpc) is 2.45. The fourth-order valence-corrected chi connectivity index (χ4v) is 2.12.